The van der Waals surface area contributed by atoms with Crippen molar-refractivity contribution >= 4 is 69.2 Å². The number of benzene rings is 5. The molecule has 0 atom stereocenters. The maximum absolute atomic E-state index is 3.90. The van der Waals surface area contributed by atoms with Gasteiger partial charge in [0.25, 0.3) is 0 Å². The molecule has 0 aliphatic heterocycles. The van der Waals surface area contributed by atoms with Crippen molar-refractivity contribution in [1.29, 1.82) is 0 Å². The van der Waals surface area contributed by atoms with E-state index < -0.39 is 0 Å². The van der Waals surface area contributed by atoms with Gasteiger partial charge >= 0.3 is 0 Å². The molecule has 0 radical (unpaired) electrons. The van der Waals surface area contributed by atoms with E-state index in [4.69, 9.17) is 0 Å². The van der Waals surface area contributed by atoms with Gasteiger partial charge in [-0.2, -0.15) is 0 Å². The molecule has 7 rings (SSSR count). The molecule has 0 fully saturated rings. The van der Waals surface area contributed by atoms with Crippen molar-refractivity contribution in [3.63, 3.8) is 0 Å². The molecule has 1 nitrogen and oxygen atoms in total. The molecule has 33 heavy (non-hydrogen) atoms. The minimum absolute atomic E-state index is 1.16. The van der Waals surface area contributed by atoms with Gasteiger partial charge in [0.15, 0.2) is 0 Å². The van der Waals surface area contributed by atoms with Crippen LogP contribution in [0.1, 0.15) is 0 Å². The van der Waals surface area contributed by atoms with Gasteiger partial charge < -0.3 is 4.57 Å². The molecule has 0 saturated carbocycles. The molecule has 156 valence electrons. The maximum atomic E-state index is 3.90. The van der Waals surface area contributed by atoms with Crippen LogP contribution in [0.25, 0.3) is 58.8 Å². The lowest BCUT2D eigenvalue weighted by molar-refractivity contribution is 1.19. The summed E-state index contributed by atoms with van der Waals surface area (Å²) in [5, 5.41) is 5.17. The van der Waals surface area contributed by atoms with Crippen molar-refractivity contribution in [2.45, 2.75) is 0 Å². The average molecular weight is 504 g/mol. The molecule has 3 heteroatoms. The molecule has 0 saturated heterocycles. The van der Waals surface area contributed by atoms with Crippen LogP contribution in [0.2, 0.25) is 0 Å². The fourth-order valence-electron chi connectivity index (χ4n) is 4.98. The van der Waals surface area contributed by atoms with Crippen LogP contribution < -0.4 is 0 Å². The SMILES string of the molecule is Brc1cc2c3ccccc3n(-c3ccc(-c4ccccc4)cc3)c2c2sc3ccccc3c12. The zero-order chi connectivity index (χ0) is 21.9. The maximum Gasteiger partial charge on any atom is 0.0720 e. The predicted octanol–water partition coefficient (Wildman–Crippen LogP) is 9.58. The lowest BCUT2D eigenvalue weighted by Crippen LogP contribution is -1.94. The second-order valence-corrected chi connectivity index (χ2v) is 10.2. The molecule has 0 unspecified atom stereocenters. The van der Waals surface area contributed by atoms with E-state index in [1.54, 1.807) is 0 Å². The van der Waals surface area contributed by atoms with Gasteiger partial charge in [0.1, 0.15) is 0 Å². The van der Waals surface area contributed by atoms with Gasteiger partial charge in [-0.15, -0.1) is 11.3 Å². The molecular formula is C30H18BrNS. The van der Waals surface area contributed by atoms with Crippen molar-refractivity contribution in [2.24, 2.45) is 0 Å². The predicted molar refractivity (Wildman–Crippen MR) is 147 cm³/mol. The molecule has 0 N–H and O–H groups in total. The lowest BCUT2D eigenvalue weighted by atomic mass is 10.1. The second-order valence-electron chi connectivity index (χ2n) is 8.32. The summed E-state index contributed by atoms with van der Waals surface area (Å²) in [4.78, 5) is 0. The highest BCUT2D eigenvalue weighted by atomic mass is 79.9. The first-order valence-corrected chi connectivity index (χ1v) is 12.6. The van der Waals surface area contributed by atoms with Gasteiger partial charge in [-0.05, 0) is 41.5 Å². The number of para-hydroxylation sites is 1. The van der Waals surface area contributed by atoms with Crippen LogP contribution in [-0.2, 0) is 0 Å². The molecule has 2 heterocycles. The Bertz CT molecular complexity index is 1810. The number of hydrogen-bond donors (Lipinski definition) is 0. The lowest BCUT2D eigenvalue weighted by Gasteiger charge is -2.10. The van der Waals surface area contributed by atoms with Crippen LogP contribution in [0, 0.1) is 0 Å². The minimum atomic E-state index is 1.16. The normalized spacial score (nSPS) is 11.8. The summed E-state index contributed by atoms with van der Waals surface area (Å²) in [5.74, 6) is 0. The number of nitrogens with zero attached hydrogens (tertiary/aromatic N) is 1. The van der Waals surface area contributed by atoms with E-state index in [2.05, 4.69) is 130 Å². The number of aromatic nitrogens is 1. The van der Waals surface area contributed by atoms with E-state index in [0.717, 1.165) is 4.47 Å². The quantitative estimate of drug-likeness (QED) is 0.221. The van der Waals surface area contributed by atoms with Crippen LogP contribution in [0.15, 0.2) is 114 Å². The van der Waals surface area contributed by atoms with Crippen LogP contribution in [0.3, 0.4) is 0 Å². The monoisotopic (exact) mass is 503 g/mol. The van der Waals surface area contributed by atoms with Crippen LogP contribution in [0.5, 0.6) is 0 Å². The van der Waals surface area contributed by atoms with Gasteiger partial charge in [0, 0.05) is 36.4 Å². The zero-order valence-electron chi connectivity index (χ0n) is 17.6. The Hall–Kier alpha value is -3.40. The first-order chi connectivity index (χ1) is 16.3. The van der Waals surface area contributed by atoms with Crippen molar-refractivity contribution in [1.82, 2.24) is 4.57 Å². The standard InChI is InChI=1S/C30H18BrNS/c31-25-18-24-22-10-4-6-12-26(22)32(21-16-14-20(15-17-21)19-8-2-1-3-9-19)29(24)30-28(25)23-11-5-7-13-27(23)33-30/h1-18H. The fraction of sp³-hybridized carbons (Fsp3) is 0. The third kappa shape index (κ3) is 2.83. The van der Waals surface area contributed by atoms with Crippen LogP contribution in [-0.4, -0.2) is 4.57 Å². The number of fused-ring (bicyclic) bond motifs is 7. The first-order valence-electron chi connectivity index (χ1n) is 11.0. The van der Waals surface area contributed by atoms with Gasteiger partial charge in [0.2, 0.25) is 0 Å². The Labute approximate surface area is 203 Å². The second kappa shape index (κ2) is 7.31. The van der Waals surface area contributed by atoms with Crippen molar-refractivity contribution < 1.29 is 0 Å². The van der Waals surface area contributed by atoms with Crippen LogP contribution >= 0.6 is 27.3 Å². The summed E-state index contributed by atoms with van der Waals surface area (Å²) in [6, 6.07) is 39.2. The van der Waals surface area contributed by atoms with Gasteiger partial charge in [-0.25, -0.2) is 0 Å². The Balaban J connectivity index is 1.59. The summed E-state index contributed by atoms with van der Waals surface area (Å²) in [6.07, 6.45) is 0. The molecule has 7 aromatic rings. The van der Waals surface area contributed by atoms with Gasteiger partial charge in [0.05, 0.1) is 15.7 Å². The van der Waals surface area contributed by atoms with E-state index in [0.29, 0.717) is 0 Å². The number of halogens is 1. The van der Waals surface area contributed by atoms with E-state index in [-0.39, 0.29) is 0 Å². The van der Waals surface area contributed by atoms with Crippen molar-refractivity contribution in [3.8, 4) is 16.8 Å². The summed E-state index contributed by atoms with van der Waals surface area (Å²) >= 11 is 5.78. The molecule has 0 aliphatic carbocycles. The highest BCUT2D eigenvalue weighted by Crippen LogP contribution is 2.46. The zero-order valence-corrected chi connectivity index (χ0v) is 20.0. The van der Waals surface area contributed by atoms with Crippen LogP contribution in [0.4, 0.5) is 0 Å². The summed E-state index contributed by atoms with van der Waals surface area (Å²) in [6.45, 7) is 0. The molecule has 5 aromatic carbocycles. The summed E-state index contributed by atoms with van der Waals surface area (Å²) < 4.78 is 6.23. The molecule has 0 amide bonds. The van der Waals surface area contributed by atoms with E-state index >= 15 is 0 Å². The highest BCUT2D eigenvalue weighted by Gasteiger charge is 2.19. The third-order valence-electron chi connectivity index (χ3n) is 6.47. The smallest absolute Gasteiger partial charge is 0.0720 e. The van der Waals surface area contributed by atoms with E-state index in [1.165, 1.54) is 58.8 Å². The molecule has 0 aliphatic rings. The first kappa shape index (κ1) is 19.1. The molecular weight excluding hydrogens is 486 g/mol. The Morgan fingerprint density at radius 3 is 2.09 bits per heavy atom. The van der Waals surface area contributed by atoms with Gasteiger partial charge in [-0.1, -0.05) is 94.8 Å². The number of thiophene rings is 1. The molecule has 0 bridgehead atoms. The van der Waals surface area contributed by atoms with Gasteiger partial charge in [-0.3, -0.25) is 0 Å². The van der Waals surface area contributed by atoms with Crippen molar-refractivity contribution in [2.75, 3.05) is 0 Å². The average Bonchev–Trinajstić information content (AvgIpc) is 3.41. The molecule has 2 aromatic heterocycles. The minimum Gasteiger partial charge on any atom is -0.308 e. The Morgan fingerprint density at radius 1 is 0.606 bits per heavy atom. The Kier molecular flexibility index (Phi) is 4.23. The topological polar surface area (TPSA) is 4.93 Å². The molecule has 0 spiro atoms. The van der Waals surface area contributed by atoms with E-state index in [1.807, 2.05) is 11.3 Å². The highest BCUT2D eigenvalue weighted by molar-refractivity contribution is 9.10. The summed E-state index contributed by atoms with van der Waals surface area (Å²) in [7, 11) is 0. The number of hydrogen-bond acceptors (Lipinski definition) is 1. The largest absolute Gasteiger partial charge is 0.308 e. The van der Waals surface area contributed by atoms with Crippen molar-refractivity contribution in [3.05, 3.63) is 114 Å². The Morgan fingerprint density at radius 2 is 1.27 bits per heavy atom. The fourth-order valence-corrected chi connectivity index (χ4v) is 7.02. The third-order valence-corrected chi connectivity index (χ3v) is 8.27. The summed E-state index contributed by atoms with van der Waals surface area (Å²) in [5.41, 5.74) is 6.17. The number of rotatable bonds is 2. The van der Waals surface area contributed by atoms with E-state index in [9.17, 15) is 0 Å².